The number of hydrogen-bond acceptors (Lipinski definition) is 5. The average molecular weight is 494 g/mol. The smallest absolute Gasteiger partial charge is 0.251 e. The largest absolute Gasteiger partial charge is 0.375 e. The van der Waals surface area contributed by atoms with Gasteiger partial charge in [-0.3, -0.25) is 19.8 Å². The minimum absolute atomic E-state index is 0.243. The minimum atomic E-state index is -0.530. The van der Waals surface area contributed by atoms with Crippen LogP contribution in [0.2, 0.25) is 5.02 Å². The molecular weight excluding hydrogens is 466 g/mol. The Morgan fingerprint density at radius 2 is 1.97 bits per heavy atom. The molecule has 1 aromatic heterocycles. The lowest BCUT2D eigenvalue weighted by Crippen LogP contribution is -2.43. The molecule has 1 spiro atoms. The van der Waals surface area contributed by atoms with Crippen molar-refractivity contribution in [2.45, 2.75) is 50.7 Å². The maximum absolute atomic E-state index is 13.0. The van der Waals surface area contributed by atoms with Crippen LogP contribution in [0, 0.1) is 12.8 Å². The lowest BCUT2D eigenvalue weighted by Gasteiger charge is -2.22. The highest BCUT2D eigenvalue weighted by atomic mass is 35.5. The SMILES string of the molecule is Cc1cc(Cc2ccc(C(=O)N[C@@H]3C[C@@]4(CCCO4)C[C@@H]3C(=O)NO)cc2)c2ccc(Cl)cc2n1. The summed E-state index contributed by atoms with van der Waals surface area (Å²) in [6.45, 7) is 2.63. The van der Waals surface area contributed by atoms with E-state index in [1.54, 1.807) is 17.6 Å². The number of nitrogens with one attached hydrogen (secondary N) is 2. The topological polar surface area (TPSA) is 101 Å². The molecular formula is C27H28ClN3O4. The molecule has 0 bridgehead atoms. The van der Waals surface area contributed by atoms with E-state index in [0.717, 1.165) is 40.6 Å². The molecule has 0 radical (unpaired) electrons. The molecule has 5 rings (SSSR count). The van der Waals surface area contributed by atoms with Gasteiger partial charge in [0.1, 0.15) is 0 Å². The summed E-state index contributed by atoms with van der Waals surface area (Å²) in [6, 6.07) is 14.9. The molecule has 8 heteroatoms. The van der Waals surface area contributed by atoms with Gasteiger partial charge in [0.25, 0.3) is 5.91 Å². The number of aromatic nitrogens is 1. The molecule has 1 saturated heterocycles. The van der Waals surface area contributed by atoms with Crippen LogP contribution >= 0.6 is 11.6 Å². The molecule has 2 fully saturated rings. The van der Waals surface area contributed by atoms with Crippen LogP contribution in [0.3, 0.4) is 0 Å². The lowest BCUT2D eigenvalue weighted by atomic mass is 9.96. The third-order valence-electron chi connectivity index (χ3n) is 7.21. The summed E-state index contributed by atoms with van der Waals surface area (Å²) in [5, 5.41) is 13.9. The molecule has 1 aliphatic heterocycles. The van der Waals surface area contributed by atoms with Crippen LogP contribution < -0.4 is 10.8 Å². The number of pyridine rings is 1. The molecule has 3 N–H and O–H groups in total. The van der Waals surface area contributed by atoms with Gasteiger partial charge >= 0.3 is 0 Å². The highest BCUT2D eigenvalue weighted by Crippen LogP contribution is 2.44. The number of ether oxygens (including phenoxy) is 1. The second-order valence-corrected chi connectivity index (χ2v) is 10.1. The summed E-state index contributed by atoms with van der Waals surface area (Å²) in [6.07, 6.45) is 3.55. The zero-order chi connectivity index (χ0) is 24.6. The lowest BCUT2D eigenvalue weighted by molar-refractivity contribution is -0.134. The first-order chi connectivity index (χ1) is 16.9. The summed E-state index contributed by atoms with van der Waals surface area (Å²) in [5.41, 5.74) is 5.88. The highest BCUT2D eigenvalue weighted by molar-refractivity contribution is 6.31. The Morgan fingerprint density at radius 1 is 1.17 bits per heavy atom. The number of hydroxylamine groups is 1. The van der Waals surface area contributed by atoms with E-state index in [2.05, 4.69) is 16.4 Å². The summed E-state index contributed by atoms with van der Waals surface area (Å²) in [5.74, 6) is -1.26. The number of aryl methyl sites for hydroxylation is 1. The monoisotopic (exact) mass is 493 g/mol. The van der Waals surface area contributed by atoms with Crippen molar-refractivity contribution >= 4 is 34.3 Å². The number of carbonyl (C=O) groups excluding carboxylic acids is 2. The molecule has 2 aliphatic rings. The van der Waals surface area contributed by atoms with E-state index in [4.69, 9.17) is 16.3 Å². The van der Waals surface area contributed by atoms with E-state index < -0.39 is 23.5 Å². The molecule has 1 aliphatic carbocycles. The fourth-order valence-corrected chi connectivity index (χ4v) is 5.74. The average Bonchev–Trinajstić information content (AvgIpc) is 3.44. The Labute approximate surface area is 208 Å². The number of hydrogen-bond donors (Lipinski definition) is 3. The predicted octanol–water partition coefficient (Wildman–Crippen LogP) is 4.35. The summed E-state index contributed by atoms with van der Waals surface area (Å²) < 4.78 is 5.94. The molecule has 2 heterocycles. The van der Waals surface area contributed by atoms with Crippen molar-refractivity contribution in [3.8, 4) is 0 Å². The molecule has 0 unspecified atom stereocenters. The zero-order valence-corrected chi connectivity index (χ0v) is 20.3. The number of carbonyl (C=O) groups is 2. The molecule has 7 nitrogen and oxygen atoms in total. The van der Waals surface area contributed by atoms with Gasteiger partial charge < -0.3 is 10.1 Å². The summed E-state index contributed by atoms with van der Waals surface area (Å²) in [7, 11) is 0. The third kappa shape index (κ3) is 4.89. The first kappa shape index (κ1) is 23.7. The number of halogens is 1. The van der Waals surface area contributed by atoms with Crippen LogP contribution in [0.5, 0.6) is 0 Å². The number of benzene rings is 2. The highest BCUT2D eigenvalue weighted by Gasteiger charge is 2.51. The molecule has 2 amide bonds. The summed E-state index contributed by atoms with van der Waals surface area (Å²) in [4.78, 5) is 29.9. The predicted molar refractivity (Wildman–Crippen MR) is 133 cm³/mol. The van der Waals surface area contributed by atoms with E-state index in [-0.39, 0.29) is 5.91 Å². The Kier molecular flexibility index (Phi) is 6.49. The second-order valence-electron chi connectivity index (χ2n) is 9.66. The van der Waals surface area contributed by atoms with Gasteiger partial charge in [-0.25, -0.2) is 5.48 Å². The quantitative estimate of drug-likeness (QED) is 0.362. The normalized spacial score (nSPS) is 23.6. The van der Waals surface area contributed by atoms with Crippen LogP contribution in [-0.2, 0) is 16.0 Å². The zero-order valence-electron chi connectivity index (χ0n) is 19.5. The number of rotatable bonds is 5. The van der Waals surface area contributed by atoms with E-state index in [0.29, 0.717) is 36.5 Å². The van der Waals surface area contributed by atoms with Crippen LogP contribution in [-0.4, -0.2) is 40.3 Å². The van der Waals surface area contributed by atoms with Gasteiger partial charge in [-0.1, -0.05) is 29.8 Å². The van der Waals surface area contributed by atoms with E-state index in [1.807, 2.05) is 37.3 Å². The van der Waals surface area contributed by atoms with E-state index in [1.165, 1.54) is 0 Å². The number of amides is 2. The molecule has 3 atom stereocenters. The van der Waals surface area contributed by atoms with Gasteiger partial charge in [0.05, 0.1) is 17.0 Å². The van der Waals surface area contributed by atoms with Gasteiger partial charge in [-0.2, -0.15) is 0 Å². The molecule has 3 aromatic rings. The molecule has 182 valence electrons. The maximum atomic E-state index is 13.0. The van der Waals surface area contributed by atoms with Crippen molar-refractivity contribution in [1.29, 1.82) is 0 Å². The van der Waals surface area contributed by atoms with Crippen LogP contribution in [0.1, 0.15) is 52.9 Å². The van der Waals surface area contributed by atoms with E-state index in [9.17, 15) is 14.8 Å². The molecule has 2 aromatic carbocycles. The van der Waals surface area contributed by atoms with Gasteiger partial charge in [0, 0.05) is 34.3 Å². The summed E-state index contributed by atoms with van der Waals surface area (Å²) >= 11 is 6.14. The van der Waals surface area contributed by atoms with Crippen molar-refractivity contribution in [2.75, 3.05) is 6.61 Å². The van der Waals surface area contributed by atoms with Gasteiger partial charge in [0.15, 0.2) is 0 Å². The fraction of sp³-hybridized carbons (Fsp3) is 0.370. The second kappa shape index (κ2) is 9.57. The minimum Gasteiger partial charge on any atom is -0.375 e. The van der Waals surface area contributed by atoms with Crippen molar-refractivity contribution in [3.05, 3.63) is 75.9 Å². The fourth-order valence-electron chi connectivity index (χ4n) is 5.57. The van der Waals surface area contributed by atoms with Crippen molar-refractivity contribution in [2.24, 2.45) is 5.92 Å². The number of nitrogens with zero attached hydrogens (tertiary/aromatic N) is 1. The van der Waals surface area contributed by atoms with Gasteiger partial charge in [0.2, 0.25) is 5.91 Å². The Bertz CT molecular complexity index is 1270. The third-order valence-corrected chi connectivity index (χ3v) is 7.45. The Balaban J connectivity index is 1.30. The van der Waals surface area contributed by atoms with Crippen molar-refractivity contribution < 1.29 is 19.5 Å². The molecule has 1 saturated carbocycles. The molecule has 35 heavy (non-hydrogen) atoms. The standard InChI is InChI=1S/C27H28ClN3O4/c1-16-11-19(21-8-7-20(28)13-23(21)29-16)12-17-3-5-18(6-4-17)25(32)30-24-15-27(9-2-10-35-27)14-22(24)26(33)31-34/h3-8,11,13,22,24,34H,2,9-10,12,14-15H2,1H3,(H,30,32)(H,31,33)/t22-,24+,27+/m0/s1. The Hall–Kier alpha value is -3.00. The van der Waals surface area contributed by atoms with Crippen LogP contribution in [0.25, 0.3) is 10.9 Å². The van der Waals surface area contributed by atoms with Gasteiger partial charge in [-0.15, -0.1) is 0 Å². The van der Waals surface area contributed by atoms with Crippen LogP contribution in [0.4, 0.5) is 0 Å². The number of fused-ring (bicyclic) bond motifs is 1. The van der Waals surface area contributed by atoms with Crippen molar-refractivity contribution in [1.82, 2.24) is 15.8 Å². The van der Waals surface area contributed by atoms with Gasteiger partial charge in [-0.05, 0) is 80.5 Å². The van der Waals surface area contributed by atoms with Crippen LogP contribution in [0.15, 0.2) is 48.5 Å². The first-order valence-electron chi connectivity index (χ1n) is 11.9. The van der Waals surface area contributed by atoms with Crippen molar-refractivity contribution in [3.63, 3.8) is 0 Å². The maximum Gasteiger partial charge on any atom is 0.251 e. The van der Waals surface area contributed by atoms with E-state index >= 15 is 0 Å². The first-order valence-corrected chi connectivity index (χ1v) is 12.3. The Morgan fingerprint density at radius 3 is 2.69 bits per heavy atom.